The number of hydrogen-bond donors (Lipinski definition) is 3. The molecular formula is C10H18N2O3. The molecule has 1 rings (SSSR count). The molecule has 0 aliphatic heterocycles. The molecule has 0 aromatic rings. The van der Waals surface area contributed by atoms with Crippen molar-refractivity contribution in [2.75, 3.05) is 13.6 Å². The van der Waals surface area contributed by atoms with Gasteiger partial charge in [-0.05, 0) is 12.8 Å². The van der Waals surface area contributed by atoms with Gasteiger partial charge in [0, 0.05) is 7.05 Å². The molecule has 3 N–H and O–H groups in total. The monoisotopic (exact) mass is 214 g/mol. The second-order valence-corrected chi connectivity index (χ2v) is 3.97. The van der Waals surface area contributed by atoms with Crippen LogP contribution in [0.1, 0.15) is 32.1 Å². The van der Waals surface area contributed by atoms with Crippen LogP contribution in [0.2, 0.25) is 0 Å². The maximum Gasteiger partial charge on any atom is 0.323 e. The highest BCUT2D eigenvalue weighted by Gasteiger charge is 2.39. The highest BCUT2D eigenvalue weighted by Crippen LogP contribution is 2.28. The lowest BCUT2D eigenvalue weighted by molar-refractivity contribution is -0.146. The van der Waals surface area contributed by atoms with E-state index in [0.717, 1.165) is 19.3 Å². The largest absolute Gasteiger partial charge is 0.480 e. The molecule has 1 aliphatic rings. The van der Waals surface area contributed by atoms with Crippen LogP contribution in [0.5, 0.6) is 0 Å². The highest BCUT2D eigenvalue weighted by molar-refractivity contribution is 5.82. The van der Waals surface area contributed by atoms with E-state index in [1.165, 1.54) is 0 Å². The number of hydrogen-bond acceptors (Lipinski definition) is 3. The molecule has 0 spiro atoms. The summed E-state index contributed by atoms with van der Waals surface area (Å²) in [5.41, 5.74) is -0.884. The summed E-state index contributed by atoms with van der Waals surface area (Å²) in [7, 11) is 1.54. The number of carboxylic acids is 1. The van der Waals surface area contributed by atoms with Gasteiger partial charge in [0.25, 0.3) is 0 Å². The van der Waals surface area contributed by atoms with Crippen LogP contribution in [0.3, 0.4) is 0 Å². The minimum atomic E-state index is -0.884. The maximum atomic E-state index is 11.2. The van der Waals surface area contributed by atoms with Crippen LogP contribution in [0.15, 0.2) is 0 Å². The average molecular weight is 214 g/mol. The van der Waals surface area contributed by atoms with E-state index in [2.05, 4.69) is 10.6 Å². The van der Waals surface area contributed by atoms with E-state index in [9.17, 15) is 14.7 Å². The first-order valence-electron chi connectivity index (χ1n) is 5.30. The van der Waals surface area contributed by atoms with Gasteiger partial charge in [-0.15, -0.1) is 0 Å². The Bertz CT molecular complexity index is 247. The fourth-order valence-corrected chi connectivity index (χ4v) is 1.96. The van der Waals surface area contributed by atoms with Gasteiger partial charge in [0.15, 0.2) is 0 Å². The first-order valence-corrected chi connectivity index (χ1v) is 5.30. The van der Waals surface area contributed by atoms with Gasteiger partial charge in [-0.1, -0.05) is 19.3 Å². The summed E-state index contributed by atoms with van der Waals surface area (Å²) in [6.45, 7) is 0.0722. The molecule has 15 heavy (non-hydrogen) atoms. The predicted molar refractivity (Wildman–Crippen MR) is 55.5 cm³/mol. The van der Waals surface area contributed by atoms with E-state index in [1.54, 1.807) is 7.05 Å². The number of carbonyl (C=O) groups excluding carboxylic acids is 1. The molecule has 1 amide bonds. The predicted octanol–water partition coefficient (Wildman–Crippen LogP) is 0.109. The Hall–Kier alpha value is -1.10. The molecule has 1 aliphatic carbocycles. The quantitative estimate of drug-likeness (QED) is 0.620. The normalized spacial score (nSPS) is 19.5. The lowest BCUT2D eigenvalue weighted by Crippen LogP contribution is -2.55. The van der Waals surface area contributed by atoms with Crippen molar-refractivity contribution >= 4 is 11.9 Å². The van der Waals surface area contributed by atoms with Crippen LogP contribution >= 0.6 is 0 Å². The lowest BCUT2D eigenvalue weighted by Gasteiger charge is -2.33. The van der Waals surface area contributed by atoms with Crippen molar-refractivity contribution in [3.63, 3.8) is 0 Å². The second-order valence-electron chi connectivity index (χ2n) is 3.97. The Kier molecular flexibility index (Phi) is 4.08. The Balaban J connectivity index is 2.57. The third kappa shape index (κ3) is 2.92. The van der Waals surface area contributed by atoms with Gasteiger partial charge < -0.3 is 10.4 Å². The summed E-state index contributed by atoms with van der Waals surface area (Å²) in [4.78, 5) is 22.2. The van der Waals surface area contributed by atoms with E-state index in [4.69, 9.17) is 0 Å². The van der Waals surface area contributed by atoms with E-state index < -0.39 is 11.5 Å². The van der Waals surface area contributed by atoms with Crippen molar-refractivity contribution in [3.05, 3.63) is 0 Å². The highest BCUT2D eigenvalue weighted by atomic mass is 16.4. The zero-order valence-corrected chi connectivity index (χ0v) is 9.01. The van der Waals surface area contributed by atoms with Crippen LogP contribution in [-0.4, -0.2) is 36.1 Å². The number of nitrogens with one attached hydrogen (secondary N) is 2. The first kappa shape index (κ1) is 12.0. The molecule has 1 saturated carbocycles. The van der Waals surface area contributed by atoms with E-state index in [1.807, 2.05) is 0 Å². The minimum absolute atomic E-state index is 0.0722. The molecule has 0 atom stereocenters. The average Bonchev–Trinajstić information content (AvgIpc) is 2.27. The SMILES string of the molecule is CNC(=O)CNC1(C(=O)O)CCCCC1. The molecule has 0 radical (unpaired) electrons. The smallest absolute Gasteiger partial charge is 0.323 e. The third-order valence-corrected chi connectivity index (χ3v) is 2.98. The Labute approximate surface area is 89.2 Å². The molecule has 86 valence electrons. The van der Waals surface area contributed by atoms with Gasteiger partial charge in [0.1, 0.15) is 5.54 Å². The van der Waals surface area contributed by atoms with Gasteiger partial charge in [-0.3, -0.25) is 14.9 Å². The zero-order valence-electron chi connectivity index (χ0n) is 9.01. The molecule has 0 saturated heterocycles. The van der Waals surface area contributed by atoms with E-state index in [-0.39, 0.29) is 12.5 Å². The summed E-state index contributed by atoms with van der Waals surface area (Å²) >= 11 is 0. The third-order valence-electron chi connectivity index (χ3n) is 2.98. The van der Waals surface area contributed by atoms with Crippen LogP contribution < -0.4 is 10.6 Å². The molecule has 5 nitrogen and oxygen atoms in total. The zero-order chi connectivity index (χ0) is 11.3. The summed E-state index contributed by atoms with van der Waals surface area (Å²) in [5.74, 6) is -1.02. The molecule has 0 heterocycles. The van der Waals surface area contributed by atoms with Crippen LogP contribution in [0.25, 0.3) is 0 Å². The van der Waals surface area contributed by atoms with Crippen molar-refractivity contribution in [2.24, 2.45) is 0 Å². The Morgan fingerprint density at radius 1 is 1.27 bits per heavy atom. The van der Waals surface area contributed by atoms with Crippen molar-refractivity contribution < 1.29 is 14.7 Å². The van der Waals surface area contributed by atoms with Crippen LogP contribution in [0, 0.1) is 0 Å². The second kappa shape index (κ2) is 5.11. The van der Waals surface area contributed by atoms with Gasteiger partial charge >= 0.3 is 5.97 Å². The number of carboxylic acid groups (broad SMARTS) is 1. The van der Waals surface area contributed by atoms with Crippen LogP contribution in [-0.2, 0) is 9.59 Å². The summed E-state index contributed by atoms with van der Waals surface area (Å²) in [6, 6.07) is 0. The topological polar surface area (TPSA) is 78.4 Å². The van der Waals surface area contributed by atoms with E-state index in [0.29, 0.717) is 12.8 Å². The Morgan fingerprint density at radius 3 is 2.33 bits per heavy atom. The number of rotatable bonds is 4. The summed E-state index contributed by atoms with van der Waals surface area (Å²) in [6.07, 6.45) is 4.12. The van der Waals surface area contributed by atoms with Crippen LogP contribution in [0.4, 0.5) is 0 Å². The standard InChI is InChI=1S/C10H18N2O3/c1-11-8(13)7-12-10(9(14)15)5-3-2-4-6-10/h12H,2-7H2,1H3,(H,11,13)(H,14,15). The van der Waals surface area contributed by atoms with Gasteiger partial charge in [-0.25, -0.2) is 0 Å². The fourth-order valence-electron chi connectivity index (χ4n) is 1.96. The van der Waals surface area contributed by atoms with Crippen molar-refractivity contribution in [1.82, 2.24) is 10.6 Å². The maximum absolute atomic E-state index is 11.2. The summed E-state index contributed by atoms with van der Waals surface area (Å²) in [5, 5.41) is 14.5. The lowest BCUT2D eigenvalue weighted by atomic mass is 9.81. The molecule has 5 heteroatoms. The van der Waals surface area contributed by atoms with Gasteiger partial charge in [0.2, 0.25) is 5.91 Å². The van der Waals surface area contributed by atoms with Gasteiger partial charge in [0.05, 0.1) is 6.54 Å². The number of carbonyl (C=O) groups is 2. The summed E-state index contributed by atoms with van der Waals surface area (Å²) < 4.78 is 0. The number of aliphatic carboxylic acids is 1. The van der Waals surface area contributed by atoms with Crippen molar-refractivity contribution in [2.45, 2.75) is 37.6 Å². The molecule has 0 unspecified atom stereocenters. The Morgan fingerprint density at radius 2 is 1.87 bits per heavy atom. The first-order chi connectivity index (χ1) is 7.10. The number of likely N-dealkylation sites (N-methyl/N-ethyl adjacent to an activating group) is 1. The van der Waals surface area contributed by atoms with E-state index >= 15 is 0 Å². The molecule has 0 aromatic heterocycles. The molecule has 0 aromatic carbocycles. The fraction of sp³-hybridized carbons (Fsp3) is 0.800. The molecule has 0 bridgehead atoms. The number of amides is 1. The van der Waals surface area contributed by atoms with Gasteiger partial charge in [-0.2, -0.15) is 0 Å². The minimum Gasteiger partial charge on any atom is -0.480 e. The molecular weight excluding hydrogens is 196 g/mol. The van der Waals surface area contributed by atoms with Crippen molar-refractivity contribution in [1.29, 1.82) is 0 Å². The van der Waals surface area contributed by atoms with Crippen molar-refractivity contribution in [3.8, 4) is 0 Å². The molecule has 1 fully saturated rings.